The van der Waals surface area contributed by atoms with E-state index < -0.39 is 0 Å². The zero-order valence-electron chi connectivity index (χ0n) is 11.6. The molecule has 0 saturated heterocycles. The maximum atomic E-state index is 12.9. The summed E-state index contributed by atoms with van der Waals surface area (Å²) >= 11 is 0. The number of hydrogen-bond acceptors (Lipinski definition) is 3. The van der Waals surface area contributed by atoms with E-state index in [9.17, 15) is 9.18 Å². The number of nitrogens with zero attached hydrogens (tertiary/aromatic N) is 2. The van der Waals surface area contributed by atoms with Crippen LogP contribution in [0, 0.1) is 5.82 Å². The molecule has 22 heavy (non-hydrogen) atoms. The largest absolute Gasteiger partial charge is 0.319 e. The lowest BCUT2D eigenvalue weighted by Gasteiger charge is -2.00. The van der Waals surface area contributed by atoms with Crippen LogP contribution in [0.15, 0.2) is 54.9 Å². The highest BCUT2D eigenvalue weighted by Crippen LogP contribution is 2.11. The van der Waals surface area contributed by atoms with Crippen LogP contribution in [0.2, 0.25) is 0 Å². The monoisotopic (exact) mass is 296 g/mol. The molecule has 0 bridgehead atoms. The van der Waals surface area contributed by atoms with E-state index in [1.807, 2.05) is 0 Å². The molecule has 0 saturated carbocycles. The molecule has 0 unspecified atom stereocenters. The summed E-state index contributed by atoms with van der Waals surface area (Å²) in [5.41, 5.74) is 2.61. The van der Waals surface area contributed by atoms with E-state index in [-0.39, 0.29) is 11.7 Å². The number of anilines is 1. The van der Waals surface area contributed by atoms with Crippen molar-refractivity contribution in [2.75, 3.05) is 5.32 Å². The number of hydrogen-bond donors (Lipinski definition) is 2. The number of amides is 1. The van der Waals surface area contributed by atoms with Gasteiger partial charge in [-0.3, -0.25) is 14.9 Å². The van der Waals surface area contributed by atoms with Crippen molar-refractivity contribution in [3.63, 3.8) is 0 Å². The van der Waals surface area contributed by atoms with Crippen molar-refractivity contribution in [3.8, 4) is 0 Å². The van der Waals surface area contributed by atoms with Crippen LogP contribution in [0.5, 0.6) is 0 Å². The minimum Gasteiger partial charge on any atom is -0.319 e. The maximum absolute atomic E-state index is 12.9. The third-order valence-electron chi connectivity index (χ3n) is 3.09. The normalized spacial score (nSPS) is 10.4. The van der Waals surface area contributed by atoms with Gasteiger partial charge in [0, 0.05) is 18.3 Å². The Kier molecular flexibility index (Phi) is 3.91. The first-order valence-electron chi connectivity index (χ1n) is 6.71. The topological polar surface area (TPSA) is 70.7 Å². The molecule has 5 nitrogen and oxygen atoms in total. The van der Waals surface area contributed by atoms with E-state index in [1.165, 1.54) is 12.1 Å². The molecule has 3 aromatic rings. The number of nitrogens with one attached hydrogen (secondary N) is 2. The summed E-state index contributed by atoms with van der Waals surface area (Å²) in [6.07, 6.45) is 3.74. The molecular formula is C16H13FN4O. The second kappa shape index (κ2) is 6.17. The smallest absolute Gasteiger partial charge is 0.276 e. The zero-order chi connectivity index (χ0) is 15.4. The Morgan fingerprint density at radius 1 is 1.23 bits per heavy atom. The van der Waals surface area contributed by atoms with E-state index in [0.717, 1.165) is 11.3 Å². The molecule has 0 radical (unpaired) electrons. The van der Waals surface area contributed by atoms with Gasteiger partial charge in [-0.25, -0.2) is 4.39 Å². The van der Waals surface area contributed by atoms with Crippen molar-refractivity contribution < 1.29 is 9.18 Å². The molecule has 110 valence electrons. The van der Waals surface area contributed by atoms with Crippen molar-refractivity contribution in [3.05, 3.63) is 77.6 Å². The van der Waals surface area contributed by atoms with Crippen molar-refractivity contribution >= 4 is 11.6 Å². The summed E-state index contributed by atoms with van der Waals surface area (Å²) in [5.74, 6) is -0.584. The van der Waals surface area contributed by atoms with Gasteiger partial charge in [0.15, 0.2) is 5.69 Å². The number of rotatable bonds is 4. The van der Waals surface area contributed by atoms with Gasteiger partial charge in [-0.15, -0.1) is 0 Å². The summed E-state index contributed by atoms with van der Waals surface area (Å²) in [7, 11) is 0. The first-order valence-corrected chi connectivity index (χ1v) is 6.71. The quantitative estimate of drug-likeness (QED) is 0.777. The van der Waals surface area contributed by atoms with Gasteiger partial charge in [0.25, 0.3) is 5.91 Å². The molecule has 0 spiro atoms. The highest BCUT2D eigenvalue weighted by molar-refractivity contribution is 6.02. The molecule has 6 heteroatoms. The van der Waals surface area contributed by atoms with Gasteiger partial charge in [0.1, 0.15) is 5.82 Å². The molecule has 0 fully saturated rings. The molecule has 0 aliphatic heterocycles. The second-order valence-corrected chi connectivity index (χ2v) is 4.78. The fraction of sp³-hybridized carbons (Fsp3) is 0.0625. The van der Waals surface area contributed by atoms with Gasteiger partial charge in [-0.1, -0.05) is 12.1 Å². The van der Waals surface area contributed by atoms with Crippen molar-refractivity contribution in [1.82, 2.24) is 15.2 Å². The minimum atomic E-state index is -0.311. The number of H-pyrrole nitrogens is 1. The van der Waals surface area contributed by atoms with Crippen molar-refractivity contribution in [2.45, 2.75) is 6.42 Å². The van der Waals surface area contributed by atoms with E-state index in [2.05, 4.69) is 20.5 Å². The Morgan fingerprint density at radius 3 is 2.77 bits per heavy atom. The van der Waals surface area contributed by atoms with Crippen LogP contribution in [0.1, 0.15) is 21.7 Å². The van der Waals surface area contributed by atoms with Gasteiger partial charge < -0.3 is 5.32 Å². The minimum absolute atomic E-state index is 0.273. The van der Waals surface area contributed by atoms with Crippen LogP contribution in [0.4, 0.5) is 10.1 Å². The number of aromatic amines is 1. The average Bonchev–Trinajstić information content (AvgIpc) is 2.99. The Hall–Kier alpha value is -3.02. The Balaban J connectivity index is 1.68. The summed E-state index contributed by atoms with van der Waals surface area (Å²) in [5, 5.41) is 9.52. The van der Waals surface area contributed by atoms with E-state index in [1.54, 1.807) is 42.7 Å². The maximum Gasteiger partial charge on any atom is 0.276 e. The van der Waals surface area contributed by atoms with Crippen LogP contribution < -0.4 is 5.32 Å². The van der Waals surface area contributed by atoms with Crippen LogP contribution >= 0.6 is 0 Å². The van der Waals surface area contributed by atoms with Crippen LogP contribution in [0.3, 0.4) is 0 Å². The predicted octanol–water partition coefficient (Wildman–Crippen LogP) is 2.79. The summed E-state index contributed by atoms with van der Waals surface area (Å²) in [4.78, 5) is 16.0. The van der Waals surface area contributed by atoms with E-state index >= 15 is 0 Å². The van der Waals surface area contributed by atoms with E-state index in [0.29, 0.717) is 17.8 Å². The standard InChI is InChI=1S/C16H13FN4O/c17-12-5-3-11(4-6-12)8-14-9-15(21-20-14)16(22)19-13-2-1-7-18-10-13/h1-7,9-10H,8H2,(H,19,22)(H,20,21). The van der Waals surface area contributed by atoms with Gasteiger partial charge in [0.2, 0.25) is 0 Å². The summed E-state index contributed by atoms with van der Waals surface area (Å²) in [6, 6.07) is 11.4. The van der Waals surface area contributed by atoms with Crippen LogP contribution in [0.25, 0.3) is 0 Å². The lowest BCUT2D eigenvalue weighted by molar-refractivity contribution is 0.102. The molecule has 1 amide bonds. The lowest BCUT2D eigenvalue weighted by Crippen LogP contribution is -2.12. The highest BCUT2D eigenvalue weighted by atomic mass is 19.1. The Bertz CT molecular complexity index is 768. The SMILES string of the molecule is O=C(Nc1cccnc1)c1cc(Cc2ccc(F)cc2)[nH]n1. The number of halogens is 1. The van der Waals surface area contributed by atoms with E-state index in [4.69, 9.17) is 0 Å². The third-order valence-corrected chi connectivity index (χ3v) is 3.09. The second-order valence-electron chi connectivity index (χ2n) is 4.78. The first kappa shape index (κ1) is 13.9. The molecule has 2 heterocycles. The van der Waals surface area contributed by atoms with Crippen LogP contribution in [-0.2, 0) is 6.42 Å². The summed E-state index contributed by atoms with van der Waals surface area (Å²) < 4.78 is 12.9. The Morgan fingerprint density at radius 2 is 2.05 bits per heavy atom. The molecule has 0 aliphatic carbocycles. The fourth-order valence-corrected chi connectivity index (χ4v) is 2.02. The number of benzene rings is 1. The Labute approximate surface area is 126 Å². The van der Waals surface area contributed by atoms with Crippen molar-refractivity contribution in [2.24, 2.45) is 0 Å². The highest BCUT2D eigenvalue weighted by Gasteiger charge is 2.11. The fourth-order valence-electron chi connectivity index (χ4n) is 2.02. The van der Waals surface area contributed by atoms with Gasteiger partial charge in [0.05, 0.1) is 11.9 Å². The molecule has 2 aromatic heterocycles. The number of aromatic nitrogens is 3. The molecule has 3 rings (SSSR count). The van der Waals surface area contributed by atoms with Gasteiger partial charge in [-0.2, -0.15) is 5.10 Å². The average molecular weight is 296 g/mol. The predicted molar refractivity (Wildman–Crippen MR) is 80.0 cm³/mol. The van der Waals surface area contributed by atoms with Crippen molar-refractivity contribution in [1.29, 1.82) is 0 Å². The third kappa shape index (κ3) is 3.35. The number of pyridine rings is 1. The van der Waals surface area contributed by atoms with Gasteiger partial charge in [-0.05, 0) is 35.9 Å². The number of carbonyl (C=O) groups is 1. The zero-order valence-corrected chi connectivity index (χ0v) is 11.6. The summed E-state index contributed by atoms with van der Waals surface area (Å²) in [6.45, 7) is 0. The number of carbonyl (C=O) groups excluding carboxylic acids is 1. The van der Waals surface area contributed by atoms with Crippen LogP contribution in [-0.4, -0.2) is 21.1 Å². The van der Waals surface area contributed by atoms with Gasteiger partial charge >= 0.3 is 0 Å². The molecular weight excluding hydrogens is 283 g/mol. The molecule has 0 aliphatic rings. The lowest BCUT2D eigenvalue weighted by atomic mass is 10.1. The molecule has 1 aromatic carbocycles. The molecule has 2 N–H and O–H groups in total. The molecule has 0 atom stereocenters. The first-order chi connectivity index (χ1) is 10.7.